The molecule has 0 saturated carbocycles. The third-order valence-electron chi connectivity index (χ3n) is 1.55. The number of thioether (sulfide) groups is 1. The van der Waals surface area contributed by atoms with Gasteiger partial charge >= 0.3 is 5.97 Å². The van der Waals surface area contributed by atoms with Crippen LogP contribution >= 0.6 is 11.8 Å². The minimum atomic E-state index is -0.717. The van der Waals surface area contributed by atoms with E-state index in [1.165, 1.54) is 31.1 Å². The molecule has 0 amide bonds. The summed E-state index contributed by atoms with van der Waals surface area (Å²) in [5.74, 6) is -0.180. The second-order valence-corrected chi connectivity index (χ2v) is 3.69. The molecular formula is C8H11N3O3S. The minimum absolute atomic E-state index is 0.237. The number of carbonyl (C=O) groups is 1. The van der Waals surface area contributed by atoms with Gasteiger partial charge in [0.25, 0.3) is 5.56 Å². The quantitative estimate of drug-likeness (QED) is 0.405. The summed E-state index contributed by atoms with van der Waals surface area (Å²) in [5, 5.41) is 0.432. The summed E-state index contributed by atoms with van der Waals surface area (Å²) in [7, 11) is 1.27. The minimum Gasteiger partial charge on any atom is -0.468 e. The number of ether oxygens (including phenoxy) is 1. The Labute approximate surface area is 90.2 Å². The number of aromatic nitrogens is 2. The van der Waals surface area contributed by atoms with E-state index < -0.39 is 12.0 Å². The largest absolute Gasteiger partial charge is 0.468 e. The lowest BCUT2D eigenvalue weighted by Crippen LogP contribution is -2.33. The van der Waals surface area contributed by atoms with Gasteiger partial charge in [-0.2, -0.15) is 0 Å². The molecule has 3 N–H and O–H groups in total. The van der Waals surface area contributed by atoms with Gasteiger partial charge in [0, 0.05) is 18.0 Å². The van der Waals surface area contributed by atoms with Crippen LogP contribution in [0.25, 0.3) is 0 Å². The van der Waals surface area contributed by atoms with Gasteiger partial charge in [-0.15, -0.1) is 0 Å². The molecule has 7 heteroatoms. The summed E-state index contributed by atoms with van der Waals surface area (Å²) in [5.41, 5.74) is 5.26. The van der Waals surface area contributed by atoms with Crippen molar-refractivity contribution in [2.45, 2.75) is 11.2 Å². The fraction of sp³-hybridized carbons (Fsp3) is 0.375. The lowest BCUT2D eigenvalue weighted by atomic mass is 10.4. The van der Waals surface area contributed by atoms with E-state index in [9.17, 15) is 9.59 Å². The highest BCUT2D eigenvalue weighted by molar-refractivity contribution is 7.99. The van der Waals surface area contributed by atoms with Crippen molar-refractivity contribution < 1.29 is 9.53 Å². The van der Waals surface area contributed by atoms with E-state index in [2.05, 4.69) is 14.7 Å². The normalized spacial score (nSPS) is 12.1. The molecule has 0 aliphatic rings. The highest BCUT2D eigenvalue weighted by Crippen LogP contribution is 2.10. The van der Waals surface area contributed by atoms with Crippen molar-refractivity contribution in [3.8, 4) is 0 Å². The number of nitrogens with zero attached hydrogens (tertiary/aromatic N) is 1. The second kappa shape index (κ2) is 5.52. The standard InChI is InChI=1S/C8H11N3O3S/c1-14-7(13)5(9)4-15-8-10-3-2-6(12)11-8/h2-3,5H,4,9H2,1H3,(H,10,11,12). The molecule has 1 unspecified atom stereocenters. The van der Waals surface area contributed by atoms with E-state index >= 15 is 0 Å². The molecule has 0 fully saturated rings. The van der Waals surface area contributed by atoms with Crippen LogP contribution in [0.2, 0.25) is 0 Å². The zero-order chi connectivity index (χ0) is 11.3. The van der Waals surface area contributed by atoms with E-state index in [1.54, 1.807) is 0 Å². The number of esters is 1. The smallest absolute Gasteiger partial charge is 0.323 e. The maximum Gasteiger partial charge on any atom is 0.323 e. The Bertz CT molecular complexity index is 393. The van der Waals surface area contributed by atoms with E-state index in [4.69, 9.17) is 5.73 Å². The van der Waals surface area contributed by atoms with E-state index in [1.807, 2.05) is 0 Å². The summed E-state index contributed by atoms with van der Waals surface area (Å²) < 4.78 is 4.45. The maximum absolute atomic E-state index is 10.9. The highest BCUT2D eigenvalue weighted by atomic mass is 32.2. The van der Waals surface area contributed by atoms with Gasteiger partial charge < -0.3 is 15.5 Å². The lowest BCUT2D eigenvalue weighted by Gasteiger charge is -2.07. The molecule has 0 aliphatic carbocycles. The van der Waals surface area contributed by atoms with Gasteiger partial charge in [0.05, 0.1) is 7.11 Å². The summed E-state index contributed by atoms with van der Waals surface area (Å²) in [6.45, 7) is 0. The average Bonchev–Trinajstić information content (AvgIpc) is 2.25. The van der Waals surface area contributed by atoms with Crippen molar-refractivity contribution in [1.29, 1.82) is 0 Å². The van der Waals surface area contributed by atoms with Crippen molar-refractivity contribution in [3.05, 3.63) is 22.6 Å². The van der Waals surface area contributed by atoms with Gasteiger partial charge in [-0.1, -0.05) is 11.8 Å². The number of hydrogen-bond donors (Lipinski definition) is 2. The summed E-state index contributed by atoms with van der Waals surface area (Å²) in [6.07, 6.45) is 1.39. The lowest BCUT2D eigenvalue weighted by molar-refractivity contribution is -0.141. The average molecular weight is 229 g/mol. The summed E-state index contributed by atoms with van der Waals surface area (Å²) in [6, 6.07) is 0.593. The van der Waals surface area contributed by atoms with Crippen LogP contribution in [-0.4, -0.2) is 34.8 Å². The molecule has 0 spiro atoms. The topological polar surface area (TPSA) is 98.1 Å². The molecule has 82 valence electrons. The number of nitrogens with two attached hydrogens (primary N) is 1. The van der Waals surface area contributed by atoms with E-state index in [0.717, 1.165) is 0 Å². The van der Waals surface area contributed by atoms with Crippen LogP contribution in [0.4, 0.5) is 0 Å². The maximum atomic E-state index is 10.9. The fourth-order valence-corrected chi connectivity index (χ4v) is 1.60. The van der Waals surface area contributed by atoms with Gasteiger partial charge in [0.1, 0.15) is 6.04 Å². The van der Waals surface area contributed by atoms with Gasteiger partial charge in [-0.05, 0) is 0 Å². The van der Waals surface area contributed by atoms with Crippen LogP contribution in [0.15, 0.2) is 22.2 Å². The molecule has 1 aromatic rings. The Morgan fingerprint density at radius 2 is 2.53 bits per heavy atom. The first-order valence-corrected chi connectivity index (χ1v) is 5.13. The molecule has 0 radical (unpaired) electrons. The molecule has 1 heterocycles. The molecule has 0 aliphatic heterocycles. The number of rotatable bonds is 4. The van der Waals surface area contributed by atoms with Crippen LogP contribution in [0.3, 0.4) is 0 Å². The van der Waals surface area contributed by atoms with Crippen molar-refractivity contribution in [1.82, 2.24) is 9.97 Å². The Kier molecular flexibility index (Phi) is 4.32. The number of carbonyl (C=O) groups excluding carboxylic acids is 1. The van der Waals surface area contributed by atoms with Crippen LogP contribution in [0.5, 0.6) is 0 Å². The number of methoxy groups -OCH3 is 1. The van der Waals surface area contributed by atoms with Crippen LogP contribution < -0.4 is 11.3 Å². The van der Waals surface area contributed by atoms with Crippen molar-refractivity contribution >= 4 is 17.7 Å². The fourth-order valence-electron chi connectivity index (χ4n) is 0.813. The monoisotopic (exact) mass is 229 g/mol. The van der Waals surface area contributed by atoms with Crippen molar-refractivity contribution in [2.75, 3.05) is 12.9 Å². The van der Waals surface area contributed by atoms with Crippen LogP contribution in [0.1, 0.15) is 0 Å². The third-order valence-corrected chi connectivity index (χ3v) is 2.56. The number of aromatic amines is 1. The molecule has 0 aromatic carbocycles. The van der Waals surface area contributed by atoms with Gasteiger partial charge in [-0.3, -0.25) is 9.59 Å². The third kappa shape index (κ3) is 3.72. The molecule has 1 aromatic heterocycles. The summed E-state index contributed by atoms with van der Waals surface area (Å²) in [4.78, 5) is 28.2. The Morgan fingerprint density at radius 1 is 1.80 bits per heavy atom. The molecule has 0 saturated heterocycles. The zero-order valence-electron chi connectivity index (χ0n) is 8.10. The molecule has 15 heavy (non-hydrogen) atoms. The summed E-state index contributed by atoms with van der Waals surface area (Å²) >= 11 is 1.19. The Morgan fingerprint density at radius 3 is 3.13 bits per heavy atom. The molecule has 6 nitrogen and oxygen atoms in total. The molecular weight excluding hydrogens is 218 g/mol. The Balaban J connectivity index is 2.50. The van der Waals surface area contributed by atoms with Crippen molar-refractivity contribution in [2.24, 2.45) is 5.73 Å². The number of hydrogen-bond acceptors (Lipinski definition) is 6. The van der Waals surface area contributed by atoms with Crippen LogP contribution in [0, 0.1) is 0 Å². The van der Waals surface area contributed by atoms with Gasteiger partial charge in [0.2, 0.25) is 0 Å². The van der Waals surface area contributed by atoms with E-state index in [-0.39, 0.29) is 5.56 Å². The predicted octanol–water partition coefficient (Wildman–Crippen LogP) is -0.638. The SMILES string of the molecule is COC(=O)C(N)CSc1nccc(=O)[nH]1. The van der Waals surface area contributed by atoms with Gasteiger partial charge in [0.15, 0.2) is 5.16 Å². The van der Waals surface area contributed by atoms with Crippen molar-refractivity contribution in [3.63, 3.8) is 0 Å². The first kappa shape index (κ1) is 11.7. The zero-order valence-corrected chi connectivity index (χ0v) is 8.91. The van der Waals surface area contributed by atoms with Crippen LogP contribution in [-0.2, 0) is 9.53 Å². The first-order chi connectivity index (χ1) is 7.13. The predicted molar refractivity (Wildman–Crippen MR) is 55.6 cm³/mol. The number of H-pyrrole nitrogens is 1. The molecule has 0 bridgehead atoms. The molecule has 1 rings (SSSR count). The molecule has 1 atom stereocenters. The van der Waals surface area contributed by atoms with E-state index in [0.29, 0.717) is 10.9 Å². The van der Waals surface area contributed by atoms with Gasteiger partial charge in [-0.25, -0.2) is 4.98 Å². The Hall–Kier alpha value is -1.34. The second-order valence-electron chi connectivity index (χ2n) is 2.68. The first-order valence-electron chi connectivity index (χ1n) is 4.15. The number of nitrogens with one attached hydrogen (secondary N) is 1. The highest BCUT2D eigenvalue weighted by Gasteiger charge is 2.14.